The number of nitrogens with one attached hydrogen (secondary N) is 1. The summed E-state index contributed by atoms with van der Waals surface area (Å²) in [6, 6.07) is 8.92. The van der Waals surface area contributed by atoms with Gasteiger partial charge in [-0.3, -0.25) is 4.79 Å². The Balaban J connectivity index is 1.49. The van der Waals surface area contributed by atoms with Gasteiger partial charge >= 0.3 is 0 Å². The molecule has 1 amide bonds. The van der Waals surface area contributed by atoms with E-state index in [1.165, 1.54) is 11.1 Å². The standard InChI is InChI=1S/C21H32N2O/c1-4-22-14-16-9-11-23(12-10-16)21(24)20-13-19(20)18-7-5-17(6-8-18)15(2)3/h5-8,15-16,19-20,22H,4,9-14H2,1-3H3. The monoisotopic (exact) mass is 328 g/mol. The predicted octanol–water partition coefficient (Wildman–Crippen LogP) is 3.76. The number of benzene rings is 1. The van der Waals surface area contributed by atoms with Gasteiger partial charge in [-0.25, -0.2) is 0 Å². The Morgan fingerprint density at radius 1 is 1.21 bits per heavy atom. The van der Waals surface area contributed by atoms with Crippen LogP contribution in [0.4, 0.5) is 0 Å². The molecule has 1 saturated carbocycles. The van der Waals surface area contributed by atoms with Crippen LogP contribution in [-0.4, -0.2) is 37.0 Å². The van der Waals surface area contributed by atoms with Crippen molar-refractivity contribution in [1.82, 2.24) is 10.2 Å². The van der Waals surface area contributed by atoms with Crippen LogP contribution in [0.25, 0.3) is 0 Å². The number of likely N-dealkylation sites (tertiary alicyclic amines) is 1. The van der Waals surface area contributed by atoms with Crippen LogP contribution in [0.3, 0.4) is 0 Å². The zero-order chi connectivity index (χ0) is 17.1. The number of carbonyl (C=O) groups excluding carboxylic acids is 1. The van der Waals surface area contributed by atoms with E-state index in [0.717, 1.165) is 51.4 Å². The van der Waals surface area contributed by atoms with Crippen molar-refractivity contribution in [1.29, 1.82) is 0 Å². The molecule has 3 nitrogen and oxygen atoms in total. The summed E-state index contributed by atoms with van der Waals surface area (Å²) in [5.74, 6) is 2.40. The Hall–Kier alpha value is -1.35. The molecule has 2 unspecified atom stereocenters. The van der Waals surface area contributed by atoms with Gasteiger partial charge in [-0.2, -0.15) is 0 Å². The summed E-state index contributed by atoms with van der Waals surface area (Å²) in [5, 5.41) is 3.43. The number of hydrogen-bond acceptors (Lipinski definition) is 2. The van der Waals surface area contributed by atoms with Crippen LogP contribution >= 0.6 is 0 Å². The summed E-state index contributed by atoms with van der Waals surface area (Å²) >= 11 is 0. The molecular formula is C21H32N2O. The summed E-state index contributed by atoms with van der Waals surface area (Å²) in [7, 11) is 0. The van der Waals surface area contributed by atoms with Crippen LogP contribution in [-0.2, 0) is 4.79 Å². The molecule has 3 heteroatoms. The van der Waals surface area contributed by atoms with E-state index in [-0.39, 0.29) is 5.92 Å². The van der Waals surface area contributed by atoms with Crippen molar-refractivity contribution in [3.05, 3.63) is 35.4 Å². The molecule has 1 heterocycles. The minimum absolute atomic E-state index is 0.236. The lowest BCUT2D eigenvalue weighted by Crippen LogP contribution is -2.41. The van der Waals surface area contributed by atoms with Crippen LogP contribution in [0.5, 0.6) is 0 Å². The Morgan fingerprint density at radius 2 is 1.88 bits per heavy atom. The first-order valence-corrected chi connectivity index (χ1v) is 9.69. The Kier molecular flexibility index (Phi) is 5.60. The molecule has 1 aliphatic carbocycles. The summed E-state index contributed by atoms with van der Waals surface area (Å²) < 4.78 is 0. The van der Waals surface area contributed by atoms with E-state index in [4.69, 9.17) is 0 Å². The second-order valence-electron chi connectivity index (χ2n) is 7.85. The first-order valence-electron chi connectivity index (χ1n) is 9.69. The minimum Gasteiger partial charge on any atom is -0.342 e. The zero-order valence-corrected chi connectivity index (χ0v) is 15.4. The van der Waals surface area contributed by atoms with Gasteiger partial charge in [0.2, 0.25) is 5.91 Å². The van der Waals surface area contributed by atoms with Crippen LogP contribution in [0.1, 0.15) is 63.0 Å². The molecule has 1 aromatic carbocycles. The predicted molar refractivity (Wildman–Crippen MR) is 99.2 cm³/mol. The number of nitrogens with zero attached hydrogens (tertiary/aromatic N) is 1. The van der Waals surface area contributed by atoms with Crippen LogP contribution in [0.15, 0.2) is 24.3 Å². The van der Waals surface area contributed by atoms with E-state index in [1.54, 1.807) is 0 Å². The normalized spacial score (nSPS) is 24.4. The highest BCUT2D eigenvalue weighted by Gasteiger charge is 2.46. The fraction of sp³-hybridized carbons (Fsp3) is 0.667. The minimum atomic E-state index is 0.236. The Bertz CT molecular complexity index is 543. The van der Waals surface area contributed by atoms with Crippen molar-refractivity contribution in [2.75, 3.05) is 26.2 Å². The quantitative estimate of drug-likeness (QED) is 0.862. The first-order chi connectivity index (χ1) is 11.6. The van der Waals surface area contributed by atoms with Crippen LogP contribution < -0.4 is 5.32 Å². The van der Waals surface area contributed by atoms with Crippen LogP contribution in [0.2, 0.25) is 0 Å². The van der Waals surface area contributed by atoms with Crippen LogP contribution in [0, 0.1) is 11.8 Å². The van der Waals surface area contributed by atoms with Gasteiger partial charge in [-0.1, -0.05) is 45.0 Å². The fourth-order valence-corrected chi connectivity index (χ4v) is 3.90. The molecule has 2 aliphatic rings. The molecule has 0 radical (unpaired) electrons. The fourth-order valence-electron chi connectivity index (χ4n) is 3.90. The summed E-state index contributed by atoms with van der Waals surface area (Å²) in [6.45, 7) is 10.6. The van der Waals surface area contributed by atoms with Gasteiger partial charge in [0.05, 0.1) is 0 Å². The number of hydrogen-bond donors (Lipinski definition) is 1. The third-order valence-electron chi connectivity index (χ3n) is 5.75. The zero-order valence-electron chi connectivity index (χ0n) is 15.4. The lowest BCUT2D eigenvalue weighted by molar-refractivity contribution is -0.134. The number of rotatable bonds is 6. The molecular weight excluding hydrogens is 296 g/mol. The summed E-state index contributed by atoms with van der Waals surface area (Å²) in [5.41, 5.74) is 2.73. The van der Waals surface area contributed by atoms with Gasteiger partial charge in [0.15, 0.2) is 0 Å². The maximum Gasteiger partial charge on any atom is 0.226 e. The molecule has 0 bridgehead atoms. The number of amides is 1. The topological polar surface area (TPSA) is 32.3 Å². The van der Waals surface area contributed by atoms with Gasteiger partial charge in [0.25, 0.3) is 0 Å². The maximum absolute atomic E-state index is 12.8. The van der Waals surface area contributed by atoms with E-state index in [0.29, 0.717) is 17.7 Å². The Morgan fingerprint density at radius 3 is 2.46 bits per heavy atom. The molecule has 2 fully saturated rings. The van der Waals surface area contributed by atoms with E-state index in [9.17, 15) is 4.79 Å². The van der Waals surface area contributed by atoms with Crippen molar-refractivity contribution in [3.63, 3.8) is 0 Å². The van der Waals surface area contributed by atoms with Gasteiger partial charge in [-0.15, -0.1) is 0 Å². The highest BCUT2D eigenvalue weighted by Crippen LogP contribution is 2.48. The second-order valence-corrected chi connectivity index (χ2v) is 7.85. The lowest BCUT2D eigenvalue weighted by atomic mass is 9.96. The van der Waals surface area contributed by atoms with Gasteiger partial charge in [-0.05, 0) is 61.2 Å². The van der Waals surface area contributed by atoms with Gasteiger partial charge < -0.3 is 10.2 Å². The number of piperidine rings is 1. The largest absolute Gasteiger partial charge is 0.342 e. The molecule has 132 valence electrons. The average molecular weight is 329 g/mol. The summed E-state index contributed by atoms with van der Waals surface area (Å²) in [4.78, 5) is 14.9. The SMILES string of the molecule is CCNCC1CCN(C(=O)C2CC2c2ccc(C(C)C)cc2)CC1. The molecule has 2 atom stereocenters. The second kappa shape index (κ2) is 7.69. The molecule has 3 rings (SSSR count). The molecule has 1 aromatic rings. The molecule has 1 saturated heterocycles. The molecule has 1 N–H and O–H groups in total. The van der Waals surface area contributed by atoms with Gasteiger partial charge in [0, 0.05) is 19.0 Å². The van der Waals surface area contributed by atoms with E-state index < -0.39 is 0 Å². The van der Waals surface area contributed by atoms with Crippen molar-refractivity contribution < 1.29 is 4.79 Å². The third-order valence-corrected chi connectivity index (χ3v) is 5.75. The van der Waals surface area contributed by atoms with Crippen molar-refractivity contribution in [2.24, 2.45) is 11.8 Å². The molecule has 1 aliphatic heterocycles. The van der Waals surface area contributed by atoms with E-state index >= 15 is 0 Å². The molecule has 0 spiro atoms. The highest BCUT2D eigenvalue weighted by molar-refractivity contribution is 5.83. The van der Waals surface area contributed by atoms with Crippen molar-refractivity contribution >= 4 is 5.91 Å². The Labute approximate surface area is 146 Å². The third kappa shape index (κ3) is 4.00. The molecule has 0 aromatic heterocycles. The first kappa shape index (κ1) is 17.5. The van der Waals surface area contributed by atoms with Crippen molar-refractivity contribution in [3.8, 4) is 0 Å². The lowest BCUT2D eigenvalue weighted by Gasteiger charge is -2.32. The smallest absolute Gasteiger partial charge is 0.226 e. The van der Waals surface area contributed by atoms with Gasteiger partial charge in [0.1, 0.15) is 0 Å². The number of carbonyl (C=O) groups is 1. The van der Waals surface area contributed by atoms with E-state index in [1.807, 2.05) is 0 Å². The summed E-state index contributed by atoms with van der Waals surface area (Å²) in [6.07, 6.45) is 3.34. The van der Waals surface area contributed by atoms with Crippen molar-refractivity contribution in [2.45, 2.75) is 51.9 Å². The van der Waals surface area contributed by atoms with E-state index in [2.05, 4.69) is 55.3 Å². The maximum atomic E-state index is 12.8. The highest BCUT2D eigenvalue weighted by atomic mass is 16.2. The molecule has 24 heavy (non-hydrogen) atoms. The average Bonchev–Trinajstić information content (AvgIpc) is 3.40.